The fourth-order valence-corrected chi connectivity index (χ4v) is 4.06. The van der Waals surface area contributed by atoms with Crippen LogP contribution in [-0.2, 0) is 16.4 Å². The van der Waals surface area contributed by atoms with Crippen LogP contribution in [-0.4, -0.2) is 49.4 Å². The van der Waals surface area contributed by atoms with Crippen LogP contribution >= 0.6 is 15.9 Å². The highest BCUT2D eigenvalue weighted by Gasteiger charge is 2.38. The first-order valence-electron chi connectivity index (χ1n) is 6.57. The molecule has 0 bridgehead atoms. The molecule has 1 aromatic carbocycles. The van der Waals surface area contributed by atoms with Gasteiger partial charge < -0.3 is 10.0 Å². The molecule has 0 aromatic heterocycles. The molecule has 1 heterocycles. The Morgan fingerprint density at radius 3 is 2.73 bits per heavy atom. The summed E-state index contributed by atoms with van der Waals surface area (Å²) in [7, 11) is -3.45. The molecule has 0 spiro atoms. The first-order valence-corrected chi connectivity index (χ1v) is 9.26. The maximum Gasteiger partial charge on any atom is 0.407 e. The standard InChI is InChI=1S/C13H16BrFN2O4S/c1-22(20,21)16-11-2-3-17(13(18)19)12(11)6-8-4-9(14)7-10(15)5-8/h4-5,7,11-12,16H,2-3,6H2,1H3,(H,18,19)/t11-,12-/m0/s1. The molecule has 6 nitrogen and oxygen atoms in total. The number of carboxylic acid groups (broad SMARTS) is 1. The van der Waals surface area contributed by atoms with Crippen LogP contribution in [0, 0.1) is 5.82 Å². The summed E-state index contributed by atoms with van der Waals surface area (Å²) in [5, 5.41) is 9.25. The molecule has 2 atom stereocenters. The van der Waals surface area contributed by atoms with Gasteiger partial charge >= 0.3 is 6.09 Å². The smallest absolute Gasteiger partial charge is 0.407 e. The number of rotatable bonds is 4. The van der Waals surface area contributed by atoms with Gasteiger partial charge in [0.2, 0.25) is 10.0 Å². The van der Waals surface area contributed by atoms with E-state index in [1.165, 1.54) is 17.0 Å². The lowest BCUT2D eigenvalue weighted by Gasteiger charge is -2.26. The number of hydrogen-bond acceptors (Lipinski definition) is 3. The number of carbonyl (C=O) groups is 1. The summed E-state index contributed by atoms with van der Waals surface area (Å²) in [6.45, 7) is 0.240. The minimum atomic E-state index is -3.45. The van der Waals surface area contributed by atoms with E-state index in [1.807, 2.05) is 0 Å². The molecule has 9 heteroatoms. The molecule has 1 fully saturated rings. The van der Waals surface area contributed by atoms with Crippen LogP contribution in [0.2, 0.25) is 0 Å². The summed E-state index contributed by atoms with van der Waals surface area (Å²) in [6.07, 6.45) is 0.543. The molecular formula is C13H16BrFN2O4S. The van der Waals surface area contributed by atoms with Crippen LogP contribution < -0.4 is 4.72 Å². The quantitative estimate of drug-likeness (QED) is 0.814. The molecule has 1 saturated heterocycles. The van der Waals surface area contributed by atoms with Crippen molar-refractivity contribution >= 4 is 32.0 Å². The highest BCUT2D eigenvalue weighted by molar-refractivity contribution is 9.10. The molecule has 122 valence electrons. The second-order valence-corrected chi connectivity index (χ2v) is 8.01. The Morgan fingerprint density at radius 1 is 1.50 bits per heavy atom. The van der Waals surface area contributed by atoms with E-state index in [0.717, 1.165) is 6.26 Å². The number of nitrogens with zero attached hydrogens (tertiary/aromatic N) is 1. The van der Waals surface area contributed by atoms with Crippen molar-refractivity contribution in [2.24, 2.45) is 0 Å². The van der Waals surface area contributed by atoms with Gasteiger partial charge in [0, 0.05) is 17.1 Å². The van der Waals surface area contributed by atoms with E-state index in [1.54, 1.807) is 6.07 Å². The van der Waals surface area contributed by atoms with Crippen molar-refractivity contribution in [2.45, 2.75) is 24.9 Å². The lowest BCUT2D eigenvalue weighted by molar-refractivity contribution is 0.137. The number of hydrogen-bond donors (Lipinski definition) is 2. The van der Waals surface area contributed by atoms with Crippen LogP contribution in [0.15, 0.2) is 22.7 Å². The highest BCUT2D eigenvalue weighted by Crippen LogP contribution is 2.24. The zero-order valence-electron chi connectivity index (χ0n) is 11.8. The Hall–Kier alpha value is -1.19. The lowest BCUT2D eigenvalue weighted by Crippen LogP contribution is -2.47. The average Bonchev–Trinajstić information content (AvgIpc) is 2.68. The third kappa shape index (κ3) is 4.40. The maximum atomic E-state index is 13.5. The van der Waals surface area contributed by atoms with Gasteiger partial charge in [0.15, 0.2) is 0 Å². The van der Waals surface area contributed by atoms with Gasteiger partial charge in [-0.2, -0.15) is 0 Å². The van der Waals surface area contributed by atoms with Crippen molar-refractivity contribution in [1.29, 1.82) is 0 Å². The number of amides is 1. The van der Waals surface area contributed by atoms with Crippen molar-refractivity contribution in [3.8, 4) is 0 Å². The summed E-state index contributed by atoms with van der Waals surface area (Å²) in [4.78, 5) is 12.5. The summed E-state index contributed by atoms with van der Waals surface area (Å²) in [5.41, 5.74) is 0.602. The van der Waals surface area contributed by atoms with Crippen LogP contribution in [0.3, 0.4) is 0 Å². The SMILES string of the molecule is CS(=O)(=O)N[C@H]1CCN(C(=O)O)[C@H]1Cc1cc(F)cc(Br)c1. The number of halogens is 2. The van der Waals surface area contributed by atoms with Gasteiger partial charge in [-0.25, -0.2) is 22.3 Å². The Bertz CT molecular complexity index is 662. The van der Waals surface area contributed by atoms with E-state index in [0.29, 0.717) is 16.5 Å². The van der Waals surface area contributed by atoms with Crippen molar-refractivity contribution in [3.05, 3.63) is 34.1 Å². The second-order valence-electron chi connectivity index (χ2n) is 5.31. The topological polar surface area (TPSA) is 86.7 Å². The van der Waals surface area contributed by atoms with Gasteiger partial charge in [0.1, 0.15) is 5.82 Å². The third-order valence-corrected chi connectivity index (χ3v) is 4.71. The van der Waals surface area contributed by atoms with Crippen molar-refractivity contribution in [3.63, 3.8) is 0 Å². The van der Waals surface area contributed by atoms with Gasteiger partial charge in [-0.15, -0.1) is 0 Å². The molecule has 0 saturated carbocycles. The Kier molecular flexibility index (Phi) is 5.08. The fourth-order valence-electron chi connectivity index (χ4n) is 2.73. The molecular weight excluding hydrogens is 379 g/mol. The van der Waals surface area contributed by atoms with Gasteiger partial charge in [0.05, 0.1) is 12.3 Å². The zero-order valence-corrected chi connectivity index (χ0v) is 14.2. The lowest BCUT2D eigenvalue weighted by atomic mass is 10.0. The number of nitrogens with one attached hydrogen (secondary N) is 1. The molecule has 0 radical (unpaired) electrons. The van der Waals surface area contributed by atoms with E-state index in [9.17, 15) is 22.7 Å². The highest BCUT2D eigenvalue weighted by atomic mass is 79.9. The molecule has 0 unspecified atom stereocenters. The van der Waals surface area contributed by atoms with Crippen LogP contribution in [0.1, 0.15) is 12.0 Å². The normalized spacial score (nSPS) is 22.0. The number of benzene rings is 1. The minimum Gasteiger partial charge on any atom is -0.465 e. The molecule has 2 N–H and O–H groups in total. The van der Waals surface area contributed by atoms with Crippen LogP contribution in [0.25, 0.3) is 0 Å². The van der Waals surface area contributed by atoms with E-state index in [2.05, 4.69) is 20.7 Å². The Balaban J connectivity index is 2.26. The summed E-state index contributed by atoms with van der Waals surface area (Å²) in [6, 6.07) is 3.23. The molecule has 1 amide bonds. The first kappa shape index (κ1) is 17.2. The predicted octanol–water partition coefficient (Wildman–Crippen LogP) is 1.80. The second kappa shape index (κ2) is 6.51. The largest absolute Gasteiger partial charge is 0.465 e. The van der Waals surface area contributed by atoms with E-state index < -0.39 is 34.0 Å². The minimum absolute atomic E-state index is 0.232. The maximum absolute atomic E-state index is 13.5. The van der Waals surface area contributed by atoms with Crippen molar-refractivity contribution < 1.29 is 22.7 Å². The monoisotopic (exact) mass is 394 g/mol. The molecule has 1 aliphatic rings. The van der Waals surface area contributed by atoms with E-state index in [4.69, 9.17) is 0 Å². The van der Waals surface area contributed by atoms with E-state index >= 15 is 0 Å². The Morgan fingerprint density at radius 2 is 2.18 bits per heavy atom. The molecule has 2 rings (SSSR count). The predicted molar refractivity (Wildman–Crippen MR) is 82.7 cm³/mol. The molecule has 1 aromatic rings. The van der Waals surface area contributed by atoms with Crippen molar-refractivity contribution in [1.82, 2.24) is 9.62 Å². The first-order chi connectivity index (χ1) is 10.2. The van der Waals surface area contributed by atoms with Crippen molar-refractivity contribution in [2.75, 3.05) is 12.8 Å². The third-order valence-electron chi connectivity index (χ3n) is 3.52. The Labute approximate surface area is 136 Å². The average molecular weight is 395 g/mol. The van der Waals surface area contributed by atoms with E-state index in [-0.39, 0.29) is 13.0 Å². The molecule has 0 aliphatic carbocycles. The number of sulfonamides is 1. The van der Waals surface area contributed by atoms with Gasteiger partial charge in [-0.1, -0.05) is 15.9 Å². The van der Waals surface area contributed by atoms with Gasteiger partial charge in [-0.3, -0.25) is 0 Å². The number of likely N-dealkylation sites (tertiary alicyclic amines) is 1. The zero-order chi connectivity index (χ0) is 16.5. The molecule has 1 aliphatic heterocycles. The fraction of sp³-hybridized carbons (Fsp3) is 0.462. The summed E-state index contributed by atoms with van der Waals surface area (Å²) in [5.74, 6) is -0.433. The van der Waals surface area contributed by atoms with Gasteiger partial charge in [-0.05, 0) is 36.6 Å². The van der Waals surface area contributed by atoms with Gasteiger partial charge in [0.25, 0.3) is 0 Å². The summed E-state index contributed by atoms with van der Waals surface area (Å²) < 4.78 is 39.3. The molecule has 22 heavy (non-hydrogen) atoms. The van der Waals surface area contributed by atoms with Crippen LogP contribution in [0.4, 0.5) is 9.18 Å². The van der Waals surface area contributed by atoms with Crippen LogP contribution in [0.5, 0.6) is 0 Å². The summed E-state index contributed by atoms with van der Waals surface area (Å²) >= 11 is 3.19.